The van der Waals surface area contributed by atoms with E-state index in [1.165, 1.54) is 11.8 Å². The van der Waals surface area contributed by atoms with Crippen molar-refractivity contribution in [1.82, 2.24) is 15.2 Å². The minimum atomic E-state index is -0.207. The quantitative estimate of drug-likeness (QED) is 0.305. The van der Waals surface area contributed by atoms with Gasteiger partial charge in [-0.05, 0) is 56.6 Å². The SMILES string of the molecule is CN(C)CCC#Cc1ccc(-c2ncc(CNC(=O)c3ccc4c(c3)NC(=O)c3ccccc3S4)s2)cc1. The van der Waals surface area contributed by atoms with Gasteiger partial charge in [0.1, 0.15) is 5.01 Å². The van der Waals surface area contributed by atoms with Gasteiger partial charge in [-0.3, -0.25) is 9.59 Å². The lowest BCUT2D eigenvalue weighted by Crippen LogP contribution is -2.22. The van der Waals surface area contributed by atoms with Crippen LogP contribution in [0.3, 0.4) is 0 Å². The minimum Gasteiger partial charge on any atom is -0.347 e. The monoisotopic (exact) mass is 538 g/mol. The van der Waals surface area contributed by atoms with Crippen LogP contribution in [0.1, 0.15) is 37.6 Å². The predicted molar refractivity (Wildman–Crippen MR) is 154 cm³/mol. The Hall–Kier alpha value is -3.90. The highest BCUT2D eigenvalue weighted by molar-refractivity contribution is 7.99. The van der Waals surface area contributed by atoms with E-state index in [9.17, 15) is 9.59 Å². The molecule has 1 aliphatic rings. The maximum absolute atomic E-state index is 12.9. The fourth-order valence-electron chi connectivity index (χ4n) is 3.84. The highest BCUT2D eigenvalue weighted by atomic mass is 32.2. The highest BCUT2D eigenvalue weighted by Gasteiger charge is 2.20. The van der Waals surface area contributed by atoms with Crippen LogP contribution in [0.25, 0.3) is 10.6 Å². The summed E-state index contributed by atoms with van der Waals surface area (Å²) in [6, 6.07) is 20.9. The number of amides is 2. The number of thiazole rings is 1. The number of hydrogen-bond donors (Lipinski definition) is 2. The van der Waals surface area contributed by atoms with Gasteiger partial charge in [0.15, 0.2) is 0 Å². The summed E-state index contributed by atoms with van der Waals surface area (Å²) in [7, 11) is 4.08. The van der Waals surface area contributed by atoms with Crippen LogP contribution in [-0.4, -0.2) is 42.3 Å². The average molecular weight is 539 g/mol. The zero-order chi connectivity index (χ0) is 26.5. The van der Waals surface area contributed by atoms with Crippen LogP contribution < -0.4 is 10.6 Å². The van der Waals surface area contributed by atoms with E-state index in [1.54, 1.807) is 35.7 Å². The van der Waals surface area contributed by atoms with Gasteiger partial charge < -0.3 is 15.5 Å². The van der Waals surface area contributed by atoms with Crippen LogP contribution in [0, 0.1) is 11.8 Å². The van der Waals surface area contributed by atoms with Crippen LogP contribution in [0.4, 0.5) is 5.69 Å². The second-order valence-electron chi connectivity index (χ2n) is 9.01. The van der Waals surface area contributed by atoms with Crippen molar-refractivity contribution in [3.05, 3.63) is 94.5 Å². The van der Waals surface area contributed by atoms with E-state index in [2.05, 4.69) is 32.4 Å². The molecule has 3 aromatic carbocycles. The van der Waals surface area contributed by atoms with Gasteiger partial charge in [-0.15, -0.1) is 11.3 Å². The molecule has 5 rings (SSSR count). The summed E-state index contributed by atoms with van der Waals surface area (Å²) >= 11 is 3.06. The standard InChI is InChI=1S/C30H26N4O2S2/c1-34(2)16-6-5-7-20-10-12-21(13-11-20)30-32-19-23(37-30)18-31-28(35)22-14-15-27-25(17-22)33-29(36)24-8-3-4-9-26(24)38-27/h3-4,8-15,17,19H,6,16,18H2,1-2H3,(H,31,35)(H,33,36). The number of anilines is 1. The summed E-state index contributed by atoms with van der Waals surface area (Å²) in [5.74, 6) is 6.01. The van der Waals surface area contributed by atoms with Crippen molar-refractivity contribution < 1.29 is 9.59 Å². The van der Waals surface area contributed by atoms with Crippen molar-refractivity contribution in [1.29, 1.82) is 0 Å². The largest absolute Gasteiger partial charge is 0.347 e. The zero-order valence-corrected chi connectivity index (χ0v) is 22.7. The Balaban J connectivity index is 1.20. The molecule has 0 saturated heterocycles. The number of nitrogens with zero attached hydrogens (tertiary/aromatic N) is 2. The number of benzene rings is 3. The van der Waals surface area contributed by atoms with E-state index in [1.807, 2.05) is 62.6 Å². The average Bonchev–Trinajstić information content (AvgIpc) is 3.34. The molecule has 0 spiro atoms. The molecule has 0 unspecified atom stereocenters. The van der Waals surface area contributed by atoms with Crippen molar-refractivity contribution in [3.63, 3.8) is 0 Å². The van der Waals surface area contributed by atoms with Crippen LogP contribution in [0.15, 0.2) is 82.7 Å². The van der Waals surface area contributed by atoms with Crippen molar-refractivity contribution in [2.45, 2.75) is 22.8 Å². The summed E-state index contributed by atoms with van der Waals surface area (Å²) in [5.41, 5.74) is 3.75. The molecule has 0 aliphatic carbocycles. The second kappa shape index (κ2) is 11.7. The summed E-state index contributed by atoms with van der Waals surface area (Å²) in [6.07, 6.45) is 2.63. The fraction of sp³-hybridized carbons (Fsp3) is 0.167. The lowest BCUT2D eigenvalue weighted by Gasteiger charge is -2.09. The van der Waals surface area contributed by atoms with Crippen molar-refractivity contribution in [3.8, 4) is 22.4 Å². The molecule has 0 bridgehead atoms. The third-order valence-corrected chi connectivity index (χ3v) is 8.07. The topological polar surface area (TPSA) is 74.3 Å². The third-order valence-electron chi connectivity index (χ3n) is 5.87. The van der Waals surface area contributed by atoms with Crippen molar-refractivity contribution in [2.24, 2.45) is 0 Å². The molecule has 2 heterocycles. The first-order chi connectivity index (χ1) is 18.5. The number of nitrogens with one attached hydrogen (secondary N) is 2. The first kappa shape index (κ1) is 25.7. The summed E-state index contributed by atoms with van der Waals surface area (Å²) in [6.45, 7) is 1.32. The zero-order valence-electron chi connectivity index (χ0n) is 21.1. The van der Waals surface area contributed by atoms with Crippen LogP contribution in [-0.2, 0) is 6.54 Å². The van der Waals surface area contributed by atoms with E-state index in [0.29, 0.717) is 23.4 Å². The van der Waals surface area contributed by atoms with Gasteiger partial charge in [-0.1, -0.05) is 47.9 Å². The van der Waals surface area contributed by atoms with Crippen molar-refractivity contribution >= 4 is 40.6 Å². The van der Waals surface area contributed by atoms with E-state index in [-0.39, 0.29) is 11.8 Å². The highest BCUT2D eigenvalue weighted by Crippen LogP contribution is 2.39. The van der Waals surface area contributed by atoms with Gasteiger partial charge in [0, 0.05) is 50.5 Å². The Kier molecular flexibility index (Phi) is 7.89. The molecular formula is C30H26N4O2S2. The van der Waals surface area contributed by atoms with Gasteiger partial charge in [0.2, 0.25) is 0 Å². The smallest absolute Gasteiger partial charge is 0.256 e. The number of carbonyl (C=O) groups excluding carboxylic acids is 2. The molecule has 0 fully saturated rings. The number of hydrogen-bond acceptors (Lipinski definition) is 6. The number of rotatable bonds is 6. The number of carbonyl (C=O) groups is 2. The molecule has 2 N–H and O–H groups in total. The second-order valence-corrected chi connectivity index (χ2v) is 11.2. The molecule has 190 valence electrons. The van der Waals surface area contributed by atoms with Gasteiger partial charge in [-0.25, -0.2) is 4.98 Å². The Morgan fingerprint density at radius 2 is 1.87 bits per heavy atom. The fourth-order valence-corrected chi connectivity index (χ4v) is 5.71. The summed E-state index contributed by atoms with van der Waals surface area (Å²) in [4.78, 5) is 34.9. The molecule has 6 nitrogen and oxygen atoms in total. The number of aromatic nitrogens is 1. The Labute approximate surface area is 230 Å². The van der Waals surface area contributed by atoms with E-state index < -0.39 is 0 Å². The molecule has 4 aromatic rings. The third kappa shape index (κ3) is 6.14. The van der Waals surface area contributed by atoms with Crippen molar-refractivity contribution in [2.75, 3.05) is 26.0 Å². The normalized spacial score (nSPS) is 12.0. The van der Waals surface area contributed by atoms with Gasteiger partial charge in [-0.2, -0.15) is 0 Å². The van der Waals surface area contributed by atoms with E-state index in [4.69, 9.17) is 0 Å². The molecule has 8 heteroatoms. The van der Waals surface area contributed by atoms with Crippen LogP contribution >= 0.6 is 23.1 Å². The molecule has 38 heavy (non-hydrogen) atoms. The first-order valence-electron chi connectivity index (χ1n) is 12.2. The number of fused-ring (bicyclic) bond motifs is 2. The predicted octanol–water partition coefficient (Wildman–Crippen LogP) is 5.76. The minimum absolute atomic E-state index is 0.175. The van der Waals surface area contributed by atoms with Gasteiger partial charge in [0.05, 0.1) is 17.8 Å². The van der Waals surface area contributed by atoms with Gasteiger partial charge >= 0.3 is 0 Å². The molecule has 1 aromatic heterocycles. The molecule has 0 saturated carbocycles. The Morgan fingerprint density at radius 1 is 1.05 bits per heavy atom. The molecule has 1 aliphatic heterocycles. The van der Waals surface area contributed by atoms with E-state index in [0.717, 1.165) is 43.8 Å². The lowest BCUT2D eigenvalue weighted by molar-refractivity contribution is 0.0949. The lowest BCUT2D eigenvalue weighted by atomic mass is 10.1. The van der Waals surface area contributed by atoms with Gasteiger partial charge in [0.25, 0.3) is 11.8 Å². The molecule has 2 amide bonds. The van der Waals surface area contributed by atoms with E-state index >= 15 is 0 Å². The summed E-state index contributed by atoms with van der Waals surface area (Å²) < 4.78 is 0. The van der Waals surface area contributed by atoms with Crippen LogP contribution in [0.5, 0.6) is 0 Å². The Bertz CT molecular complexity index is 1550. The first-order valence-corrected chi connectivity index (χ1v) is 13.8. The molecular weight excluding hydrogens is 512 g/mol. The maximum Gasteiger partial charge on any atom is 0.256 e. The molecule has 0 radical (unpaired) electrons. The maximum atomic E-state index is 12.9. The van der Waals surface area contributed by atoms with Crippen LogP contribution in [0.2, 0.25) is 0 Å². The summed E-state index contributed by atoms with van der Waals surface area (Å²) in [5, 5.41) is 6.79. The Morgan fingerprint density at radius 3 is 2.68 bits per heavy atom. The molecule has 0 atom stereocenters.